The molecular formula is C17H14ClN3O. The van der Waals surface area contributed by atoms with Gasteiger partial charge in [-0.2, -0.15) is 0 Å². The van der Waals surface area contributed by atoms with Gasteiger partial charge in [0.2, 0.25) is 0 Å². The van der Waals surface area contributed by atoms with Crippen molar-refractivity contribution in [1.29, 1.82) is 0 Å². The van der Waals surface area contributed by atoms with Crippen LogP contribution in [0.3, 0.4) is 0 Å². The molecule has 0 spiro atoms. The predicted molar refractivity (Wildman–Crippen MR) is 86.3 cm³/mol. The van der Waals surface area contributed by atoms with Gasteiger partial charge in [0.25, 0.3) is 0 Å². The highest BCUT2D eigenvalue weighted by molar-refractivity contribution is 6.29. The zero-order chi connectivity index (χ0) is 15.5. The van der Waals surface area contributed by atoms with Crippen LogP contribution >= 0.6 is 11.6 Å². The number of aromatic nitrogens is 3. The molecule has 0 unspecified atom stereocenters. The molecule has 0 aliphatic rings. The lowest BCUT2D eigenvalue weighted by Gasteiger charge is -2.11. The highest BCUT2D eigenvalue weighted by atomic mass is 35.5. The Bertz CT molecular complexity index is 821. The standard InChI is InChI=1S/C17H14ClN3O/c1-11-4-3-5-14(20-11)17-15(7-6-12(2)21-17)22-13-8-9-19-16(18)10-13/h3-10H,1-2H3. The van der Waals surface area contributed by atoms with Gasteiger partial charge in [-0.1, -0.05) is 17.7 Å². The first-order chi connectivity index (χ1) is 10.6. The van der Waals surface area contributed by atoms with Crippen LogP contribution in [0.1, 0.15) is 11.4 Å². The zero-order valence-electron chi connectivity index (χ0n) is 12.2. The molecule has 22 heavy (non-hydrogen) atoms. The Morgan fingerprint density at radius 2 is 1.77 bits per heavy atom. The summed E-state index contributed by atoms with van der Waals surface area (Å²) in [5.41, 5.74) is 3.31. The smallest absolute Gasteiger partial charge is 0.155 e. The molecule has 0 bridgehead atoms. The largest absolute Gasteiger partial charge is 0.455 e. The minimum absolute atomic E-state index is 0.382. The summed E-state index contributed by atoms with van der Waals surface area (Å²) >= 11 is 5.89. The van der Waals surface area contributed by atoms with Crippen molar-refractivity contribution in [3.8, 4) is 22.9 Å². The van der Waals surface area contributed by atoms with E-state index >= 15 is 0 Å². The van der Waals surface area contributed by atoms with E-state index in [9.17, 15) is 0 Å². The van der Waals surface area contributed by atoms with E-state index in [1.165, 1.54) is 0 Å². The van der Waals surface area contributed by atoms with Gasteiger partial charge in [0.05, 0.1) is 5.69 Å². The first-order valence-electron chi connectivity index (χ1n) is 6.83. The van der Waals surface area contributed by atoms with Crippen molar-refractivity contribution in [2.24, 2.45) is 0 Å². The van der Waals surface area contributed by atoms with Gasteiger partial charge in [0, 0.05) is 23.7 Å². The third-order valence-corrected chi connectivity index (χ3v) is 3.26. The van der Waals surface area contributed by atoms with Gasteiger partial charge >= 0.3 is 0 Å². The molecule has 5 heteroatoms. The topological polar surface area (TPSA) is 47.9 Å². The van der Waals surface area contributed by atoms with Crippen molar-refractivity contribution in [2.75, 3.05) is 0 Å². The van der Waals surface area contributed by atoms with Crippen LogP contribution in [0.15, 0.2) is 48.7 Å². The Labute approximate surface area is 133 Å². The van der Waals surface area contributed by atoms with Crippen molar-refractivity contribution in [2.45, 2.75) is 13.8 Å². The minimum Gasteiger partial charge on any atom is -0.455 e. The second-order valence-corrected chi connectivity index (χ2v) is 5.27. The van der Waals surface area contributed by atoms with Crippen LogP contribution in [-0.4, -0.2) is 15.0 Å². The molecule has 4 nitrogen and oxygen atoms in total. The zero-order valence-corrected chi connectivity index (χ0v) is 13.0. The molecule has 3 heterocycles. The SMILES string of the molecule is Cc1cccc(-c2nc(C)ccc2Oc2ccnc(Cl)c2)n1. The molecule has 0 aliphatic heterocycles. The van der Waals surface area contributed by atoms with E-state index in [0.29, 0.717) is 22.3 Å². The Hall–Kier alpha value is -2.46. The van der Waals surface area contributed by atoms with Crippen LogP contribution in [0.4, 0.5) is 0 Å². The average Bonchev–Trinajstić information content (AvgIpc) is 2.49. The van der Waals surface area contributed by atoms with Crippen LogP contribution in [0.25, 0.3) is 11.4 Å². The molecule has 0 N–H and O–H groups in total. The molecule has 0 radical (unpaired) electrons. The fraction of sp³-hybridized carbons (Fsp3) is 0.118. The monoisotopic (exact) mass is 311 g/mol. The molecule has 3 aromatic rings. The Morgan fingerprint density at radius 3 is 2.55 bits per heavy atom. The van der Waals surface area contributed by atoms with Crippen molar-refractivity contribution < 1.29 is 4.74 Å². The van der Waals surface area contributed by atoms with E-state index in [4.69, 9.17) is 16.3 Å². The van der Waals surface area contributed by atoms with E-state index in [-0.39, 0.29) is 0 Å². The lowest BCUT2D eigenvalue weighted by molar-refractivity contribution is 0.481. The number of hydrogen-bond donors (Lipinski definition) is 0. The summed E-state index contributed by atoms with van der Waals surface area (Å²) < 4.78 is 5.91. The number of ether oxygens (including phenoxy) is 1. The molecule has 0 saturated heterocycles. The normalized spacial score (nSPS) is 10.5. The Balaban J connectivity index is 2.05. The molecule has 0 aromatic carbocycles. The first kappa shape index (κ1) is 14.5. The van der Waals surface area contributed by atoms with E-state index in [1.54, 1.807) is 18.3 Å². The van der Waals surface area contributed by atoms with Crippen LogP contribution in [0.2, 0.25) is 5.15 Å². The molecule has 3 rings (SSSR count). The van der Waals surface area contributed by atoms with Crippen molar-refractivity contribution in [1.82, 2.24) is 15.0 Å². The van der Waals surface area contributed by atoms with Crippen molar-refractivity contribution >= 4 is 11.6 Å². The van der Waals surface area contributed by atoms with Gasteiger partial charge in [-0.05, 0) is 44.2 Å². The van der Waals surface area contributed by atoms with E-state index < -0.39 is 0 Å². The summed E-state index contributed by atoms with van der Waals surface area (Å²) in [6.07, 6.45) is 1.60. The summed E-state index contributed by atoms with van der Waals surface area (Å²) in [5.74, 6) is 1.24. The van der Waals surface area contributed by atoms with E-state index in [0.717, 1.165) is 17.1 Å². The third kappa shape index (κ3) is 3.23. The predicted octanol–water partition coefficient (Wildman–Crippen LogP) is 4.60. The van der Waals surface area contributed by atoms with Gasteiger partial charge < -0.3 is 4.74 Å². The molecule has 0 fully saturated rings. The number of nitrogens with zero attached hydrogens (tertiary/aromatic N) is 3. The van der Waals surface area contributed by atoms with Gasteiger partial charge in [-0.3, -0.25) is 4.98 Å². The number of rotatable bonds is 3. The molecule has 0 aliphatic carbocycles. The average molecular weight is 312 g/mol. The quantitative estimate of drug-likeness (QED) is 0.663. The van der Waals surface area contributed by atoms with Gasteiger partial charge in [0.1, 0.15) is 16.6 Å². The third-order valence-electron chi connectivity index (χ3n) is 3.05. The van der Waals surface area contributed by atoms with E-state index in [1.807, 2.05) is 44.2 Å². The molecular weight excluding hydrogens is 298 g/mol. The highest BCUT2D eigenvalue weighted by Gasteiger charge is 2.11. The fourth-order valence-electron chi connectivity index (χ4n) is 2.06. The van der Waals surface area contributed by atoms with Gasteiger partial charge in [-0.25, -0.2) is 9.97 Å². The van der Waals surface area contributed by atoms with Gasteiger partial charge in [0.15, 0.2) is 5.75 Å². The lowest BCUT2D eigenvalue weighted by Crippen LogP contribution is -1.96. The second kappa shape index (κ2) is 6.12. The maximum absolute atomic E-state index is 5.91. The first-order valence-corrected chi connectivity index (χ1v) is 7.21. The van der Waals surface area contributed by atoms with Crippen LogP contribution < -0.4 is 4.74 Å². The lowest BCUT2D eigenvalue weighted by atomic mass is 10.2. The number of pyridine rings is 3. The molecule has 0 saturated carbocycles. The Morgan fingerprint density at radius 1 is 0.955 bits per heavy atom. The van der Waals surface area contributed by atoms with Crippen molar-refractivity contribution in [3.63, 3.8) is 0 Å². The summed E-state index contributed by atoms with van der Waals surface area (Å²) in [5, 5.41) is 0.382. The molecule has 0 atom stereocenters. The fourth-order valence-corrected chi connectivity index (χ4v) is 2.22. The van der Waals surface area contributed by atoms with Crippen LogP contribution in [0.5, 0.6) is 11.5 Å². The summed E-state index contributed by atoms with van der Waals surface area (Å²) in [6, 6.07) is 13.0. The van der Waals surface area contributed by atoms with Crippen molar-refractivity contribution in [3.05, 3.63) is 65.2 Å². The highest BCUT2D eigenvalue weighted by Crippen LogP contribution is 2.31. The summed E-state index contributed by atoms with van der Waals surface area (Å²) in [7, 11) is 0. The maximum Gasteiger partial charge on any atom is 0.155 e. The Kier molecular flexibility index (Phi) is 4.02. The number of aryl methyl sites for hydroxylation is 2. The second-order valence-electron chi connectivity index (χ2n) is 4.88. The molecule has 110 valence electrons. The van der Waals surface area contributed by atoms with E-state index in [2.05, 4.69) is 15.0 Å². The van der Waals surface area contributed by atoms with Crippen LogP contribution in [0, 0.1) is 13.8 Å². The molecule has 3 aromatic heterocycles. The minimum atomic E-state index is 0.382. The molecule has 0 amide bonds. The number of halogens is 1. The summed E-state index contributed by atoms with van der Waals surface area (Å²) in [6.45, 7) is 3.88. The summed E-state index contributed by atoms with van der Waals surface area (Å²) in [4.78, 5) is 13.0. The maximum atomic E-state index is 5.91. The number of hydrogen-bond acceptors (Lipinski definition) is 4. The van der Waals surface area contributed by atoms with Gasteiger partial charge in [-0.15, -0.1) is 0 Å². The van der Waals surface area contributed by atoms with Crippen LogP contribution in [-0.2, 0) is 0 Å².